The minimum Gasteiger partial charge on any atom is -0.495 e. The number of hydrogen-bond donors (Lipinski definition) is 1. The molecule has 1 saturated heterocycles. The fraction of sp³-hybridized carbons (Fsp3) is 0.333. The molecule has 1 aromatic heterocycles. The zero-order valence-electron chi connectivity index (χ0n) is 18.5. The number of para-hydroxylation sites is 3. The number of likely N-dealkylation sites (tertiary alicyclic amines) is 1. The Balaban J connectivity index is 1.57. The fourth-order valence-corrected chi connectivity index (χ4v) is 5.53. The van der Waals surface area contributed by atoms with Gasteiger partial charge in [0.15, 0.2) is 9.84 Å². The highest BCUT2D eigenvalue weighted by atomic mass is 32.2. The number of sulfone groups is 1. The normalized spacial score (nSPS) is 14.3. The number of ether oxygens (including phenoxy) is 1. The molecule has 1 N–H and O–H groups in total. The molecule has 2 aromatic carbocycles. The second kappa shape index (κ2) is 9.66. The molecule has 8 nitrogen and oxygen atoms in total. The lowest BCUT2D eigenvalue weighted by Crippen LogP contribution is -2.37. The number of fused-ring (bicyclic) bond motifs is 1. The summed E-state index contributed by atoms with van der Waals surface area (Å²) in [5, 5.41) is 3.10. The molecule has 0 aliphatic carbocycles. The summed E-state index contributed by atoms with van der Waals surface area (Å²) in [7, 11) is -2.49. The van der Waals surface area contributed by atoms with Gasteiger partial charge in [0.2, 0.25) is 11.8 Å². The van der Waals surface area contributed by atoms with E-state index < -0.39 is 21.5 Å². The maximum absolute atomic E-state index is 13.2. The molecule has 1 fully saturated rings. The smallest absolute Gasteiger partial charge is 0.242 e. The van der Waals surface area contributed by atoms with Gasteiger partial charge in [-0.2, -0.15) is 0 Å². The molecule has 3 aromatic rings. The van der Waals surface area contributed by atoms with Crippen LogP contribution in [-0.2, 0) is 26.0 Å². The second-order valence-corrected chi connectivity index (χ2v) is 10.0. The molecule has 174 valence electrons. The number of amides is 2. The molecule has 0 unspecified atom stereocenters. The van der Waals surface area contributed by atoms with E-state index in [0.29, 0.717) is 22.3 Å². The van der Waals surface area contributed by atoms with Crippen LogP contribution in [0.5, 0.6) is 5.75 Å². The first-order chi connectivity index (χ1) is 15.9. The van der Waals surface area contributed by atoms with Gasteiger partial charge in [0.1, 0.15) is 18.0 Å². The number of carbonyl (C=O) groups is 2. The van der Waals surface area contributed by atoms with E-state index in [-0.39, 0.29) is 17.3 Å². The lowest BCUT2D eigenvalue weighted by atomic mass is 10.1. The predicted octanol–water partition coefficient (Wildman–Crippen LogP) is 3.07. The van der Waals surface area contributed by atoms with E-state index >= 15 is 0 Å². The zero-order chi connectivity index (χ0) is 23.4. The summed E-state index contributed by atoms with van der Waals surface area (Å²) < 4.78 is 33.3. The van der Waals surface area contributed by atoms with Crippen molar-refractivity contribution in [2.75, 3.05) is 31.3 Å². The SMILES string of the molecule is COc1ccccc1NC(=O)CS(=O)(=O)c1cn(CC(=O)N2CCCCC2)c2ccccc12. The number of benzene rings is 2. The van der Waals surface area contributed by atoms with Gasteiger partial charge in [-0.15, -0.1) is 0 Å². The highest BCUT2D eigenvalue weighted by Crippen LogP contribution is 2.28. The molecule has 4 rings (SSSR count). The van der Waals surface area contributed by atoms with Crippen LogP contribution in [0.2, 0.25) is 0 Å². The van der Waals surface area contributed by atoms with Crippen LogP contribution in [0.4, 0.5) is 5.69 Å². The van der Waals surface area contributed by atoms with E-state index in [9.17, 15) is 18.0 Å². The van der Waals surface area contributed by atoms with Crippen molar-refractivity contribution in [3.05, 3.63) is 54.7 Å². The molecule has 1 aliphatic heterocycles. The highest BCUT2D eigenvalue weighted by molar-refractivity contribution is 7.92. The Kier molecular flexibility index (Phi) is 6.69. The largest absolute Gasteiger partial charge is 0.495 e. The van der Waals surface area contributed by atoms with E-state index in [2.05, 4.69) is 5.32 Å². The topological polar surface area (TPSA) is 97.7 Å². The van der Waals surface area contributed by atoms with Crippen molar-refractivity contribution in [2.24, 2.45) is 0 Å². The van der Waals surface area contributed by atoms with Crippen molar-refractivity contribution in [1.29, 1.82) is 0 Å². The van der Waals surface area contributed by atoms with Crippen molar-refractivity contribution >= 4 is 38.2 Å². The Morgan fingerprint density at radius 3 is 2.45 bits per heavy atom. The summed E-state index contributed by atoms with van der Waals surface area (Å²) in [4.78, 5) is 27.2. The minimum absolute atomic E-state index is 0.0340. The van der Waals surface area contributed by atoms with Gasteiger partial charge < -0.3 is 19.5 Å². The quantitative estimate of drug-likeness (QED) is 0.574. The number of anilines is 1. The Morgan fingerprint density at radius 2 is 1.70 bits per heavy atom. The van der Waals surface area contributed by atoms with Crippen LogP contribution in [0.15, 0.2) is 59.6 Å². The van der Waals surface area contributed by atoms with Gasteiger partial charge in [0.05, 0.1) is 17.7 Å². The van der Waals surface area contributed by atoms with Crippen LogP contribution in [0.1, 0.15) is 19.3 Å². The van der Waals surface area contributed by atoms with Crippen molar-refractivity contribution in [1.82, 2.24) is 9.47 Å². The third-order valence-corrected chi connectivity index (χ3v) is 7.44. The number of nitrogens with one attached hydrogen (secondary N) is 1. The van der Waals surface area contributed by atoms with E-state index in [4.69, 9.17) is 4.74 Å². The zero-order valence-corrected chi connectivity index (χ0v) is 19.3. The predicted molar refractivity (Wildman–Crippen MR) is 126 cm³/mol. The number of rotatable bonds is 7. The Hall–Kier alpha value is -3.33. The van der Waals surface area contributed by atoms with Gasteiger partial charge in [-0.25, -0.2) is 8.42 Å². The Morgan fingerprint density at radius 1 is 1.00 bits per heavy atom. The van der Waals surface area contributed by atoms with Gasteiger partial charge in [-0.1, -0.05) is 30.3 Å². The van der Waals surface area contributed by atoms with Crippen molar-refractivity contribution in [2.45, 2.75) is 30.7 Å². The average molecular weight is 470 g/mol. The van der Waals surface area contributed by atoms with Crippen LogP contribution in [0.3, 0.4) is 0 Å². The van der Waals surface area contributed by atoms with Crippen LogP contribution >= 0.6 is 0 Å². The molecule has 0 atom stereocenters. The van der Waals surface area contributed by atoms with Crippen LogP contribution in [0.25, 0.3) is 10.9 Å². The van der Waals surface area contributed by atoms with E-state index in [1.54, 1.807) is 53.1 Å². The molecular formula is C24H27N3O5S. The van der Waals surface area contributed by atoms with Gasteiger partial charge in [-0.3, -0.25) is 9.59 Å². The van der Waals surface area contributed by atoms with Gasteiger partial charge >= 0.3 is 0 Å². The first-order valence-corrected chi connectivity index (χ1v) is 12.6. The maximum Gasteiger partial charge on any atom is 0.242 e. The standard InChI is InChI=1S/C24H27N3O5S/c1-32-21-12-6-4-10-19(21)25-23(28)17-33(30,31)22-15-27(20-11-5-3-9-18(20)22)16-24(29)26-13-7-2-8-14-26/h3-6,9-12,15H,2,7-8,13-14,16-17H2,1H3,(H,25,28). The van der Waals surface area contributed by atoms with Crippen LogP contribution < -0.4 is 10.1 Å². The van der Waals surface area contributed by atoms with Crippen molar-refractivity contribution < 1.29 is 22.7 Å². The molecule has 0 saturated carbocycles. The number of piperidine rings is 1. The number of aromatic nitrogens is 1. The third-order valence-electron chi connectivity index (χ3n) is 5.80. The van der Waals surface area contributed by atoms with E-state index in [0.717, 1.165) is 32.4 Å². The van der Waals surface area contributed by atoms with Crippen molar-refractivity contribution in [3.63, 3.8) is 0 Å². The monoisotopic (exact) mass is 469 g/mol. The molecule has 0 bridgehead atoms. The molecule has 33 heavy (non-hydrogen) atoms. The number of methoxy groups -OCH3 is 1. The lowest BCUT2D eigenvalue weighted by Gasteiger charge is -2.27. The third kappa shape index (κ3) is 5.03. The summed E-state index contributed by atoms with van der Waals surface area (Å²) in [6, 6.07) is 13.8. The van der Waals surface area contributed by atoms with Gasteiger partial charge in [0.25, 0.3) is 0 Å². The Labute approximate surface area is 193 Å². The second-order valence-electron chi connectivity index (χ2n) is 8.09. The minimum atomic E-state index is -3.96. The molecule has 1 aliphatic rings. The average Bonchev–Trinajstić information content (AvgIpc) is 3.19. The number of hydrogen-bond acceptors (Lipinski definition) is 5. The molecule has 0 radical (unpaired) electrons. The van der Waals surface area contributed by atoms with E-state index in [1.165, 1.54) is 13.3 Å². The highest BCUT2D eigenvalue weighted by Gasteiger charge is 2.26. The summed E-state index contributed by atoms with van der Waals surface area (Å²) in [5.41, 5.74) is 1.04. The summed E-state index contributed by atoms with van der Waals surface area (Å²) in [6.45, 7) is 1.52. The van der Waals surface area contributed by atoms with Crippen LogP contribution in [-0.4, -0.2) is 55.7 Å². The first kappa shape index (κ1) is 22.8. The maximum atomic E-state index is 13.2. The molecule has 2 heterocycles. The number of carbonyl (C=O) groups excluding carboxylic acids is 2. The summed E-state index contributed by atoms with van der Waals surface area (Å²) in [6.07, 6.45) is 4.56. The molecule has 9 heteroatoms. The fourth-order valence-electron chi connectivity index (χ4n) is 4.17. The Bertz CT molecular complexity index is 1280. The summed E-state index contributed by atoms with van der Waals surface area (Å²) >= 11 is 0. The summed E-state index contributed by atoms with van der Waals surface area (Å²) in [5.74, 6) is -0.982. The van der Waals surface area contributed by atoms with Gasteiger partial charge in [0, 0.05) is 30.2 Å². The lowest BCUT2D eigenvalue weighted by molar-refractivity contribution is -0.132. The molecular weight excluding hydrogens is 442 g/mol. The first-order valence-electron chi connectivity index (χ1n) is 10.9. The van der Waals surface area contributed by atoms with E-state index in [1.807, 2.05) is 4.90 Å². The van der Waals surface area contributed by atoms with Crippen LogP contribution in [0, 0.1) is 0 Å². The molecule has 2 amide bonds. The van der Waals surface area contributed by atoms with Crippen molar-refractivity contribution in [3.8, 4) is 5.75 Å². The number of nitrogens with zero attached hydrogens (tertiary/aromatic N) is 2. The van der Waals surface area contributed by atoms with Gasteiger partial charge in [-0.05, 0) is 37.5 Å². The molecule has 0 spiro atoms.